The molecule has 26 heavy (non-hydrogen) atoms. The van der Waals surface area contributed by atoms with E-state index >= 15 is 0 Å². The van der Waals surface area contributed by atoms with E-state index in [1.165, 1.54) is 13.2 Å². The fraction of sp³-hybridized carbons (Fsp3) is 0.0556. The van der Waals surface area contributed by atoms with Crippen molar-refractivity contribution in [3.8, 4) is 5.75 Å². The number of hydrazine groups is 1. The second kappa shape index (κ2) is 7.40. The average molecular weight is 417 g/mol. The number of nitrogens with one attached hydrogen (secondary N) is 2. The van der Waals surface area contributed by atoms with Crippen LogP contribution in [0.4, 0.5) is 0 Å². The van der Waals surface area contributed by atoms with Gasteiger partial charge in [-0.05, 0) is 48.5 Å². The Kier molecular flexibility index (Phi) is 5.04. The standard InChI is InChI=1S/C18H13BrN2O5/c1-25-13-5-2-10(3-6-13)16(22)20-21-17(23)14-9-11-8-12(19)4-7-15(11)26-18(14)24/h2-9H,1H3,(H,20,22)(H,21,23). The monoisotopic (exact) mass is 416 g/mol. The summed E-state index contributed by atoms with van der Waals surface area (Å²) in [7, 11) is 1.52. The quantitative estimate of drug-likeness (QED) is 0.505. The maximum Gasteiger partial charge on any atom is 0.349 e. The number of carbonyl (C=O) groups excluding carboxylic acids is 2. The minimum absolute atomic E-state index is 0.217. The summed E-state index contributed by atoms with van der Waals surface area (Å²) in [6.07, 6.45) is 0. The van der Waals surface area contributed by atoms with Gasteiger partial charge in [0.15, 0.2) is 0 Å². The molecule has 2 amide bonds. The zero-order chi connectivity index (χ0) is 18.7. The summed E-state index contributed by atoms with van der Waals surface area (Å²) < 4.78 is 10.9. The first-order valence-corrected chi connectivity index (χ1v) is 8.25. The van der Waals surface area contributed by atoms with Crippen LogP contribution in [0.15, 0.2) is 62.2 Å². The molecule has 0 unspecified atom stereocenters. The number of hydrogen-bond acceptors (Lipinski definition) is 5. The second-order valence-corrected chi connectivity index (χ2v) is 6.18. The number of rotatable bonds is 3. The summed E-state index contributed by atoms with van der Waals surface area (Å²) in [5, 5.41) is 0.575. The van der Waals surface area contributed by atoms with Crippen LogP contribution < -0.4 is 21.2 Å². The lowest BCUT2D eigenvalue weighted by molar-refractivity contribution is 0.0844. The summed E-state index contributed by atoms with van der Waals surface area (Å²) in [4.78, 5) is 36.2. The van der Waals surface area contributed by atoms with E-state index < -0.39 is 17.4 Å². The molecular weight excluding hydrogens is 404 g/mol. The lowest BCUT2D eigenvalue weighted by Gasteiger charge is -2.08. The molecule has 0 bridgehead atoms. The van der Waals surface area contributed by atoms with Crippen molar-refractivity contribution in [1.29, 1.82) is 0 Å². The Morgan fingerprint density at radius 1 is 1.00 bits per heavy atom. The zero-order valence-corrected chi connectivity index (χ0v) is 15.1. The highest BCUT2D eigenvalue weighted by Crippen LogP contribution is 2.19. The molecule has 132 valence electrons. The smallest absolute Gasteiger partial charge is 0.349 e. The minimum atomic E-state index is -0.795. The fourth-order valence-electron chi connectivity index (χ4n) is 2.25. The highest BCUT2D eigenvalue weighted by Gasteiger charge is 2.15. The topological polar surface area (TPSA) is 97.6 Å². The van der Waals surface area contributed by atoms with Crippen LogP contribution >= 0.6 is 15.9 Å². The van der Waals surface area contributed by atoms with Crippen molar-refractivity contribution in [2.75, 3.05) is 7.11 Å². The van der Waals surface area contributed by atoms with Gasteiger partial charge in [0, 0.05) is 15.4 Å². The SMILES string of the molecule is COc1ccc(C(=O)NNC(=O)c2cc3cc(Br)ccc3oc2=O)cc1. The van der Waals surface area contributed by atoms with E-state index in [2.05, 4.69) is 26.8 Å². The third kappa shape index (κ3) is 3.75. The van der Waals surface area contributed by atoms with Gasteiger partial charge in [-0.2, -0.15) is 0 Å². The normalized spacial score (nSPS) is 10.4. The van der Waals surface area contributed by atoms with Gasteiger partial charge >= 0.3 is 5.63 Å². The zero-order valence-electron chi connectivity index (χ0n) is 13.5. The Hall–Kier alpha value is -3.13. The molecule has 0 aliphatic rings. The minimum Gasteiger partial charge on any atom is -0.497 e. The summed E-state index contributed by atoms with van der Waals surface area (Å²) in [5.41, 5.74) is 4.12. The molecule has 0 saturated carbocycles. The number of methoxy groups -OCH3 is 1. The van der Waals surface area contributed by atoms with Crippen molar-refractivity contribution in [2.24, 2.45) is 0 Å². The van der Waals surface area contributed by atoms with Crippen molar-refractivity contribution in [1.82, 2.24) is 10.9 Å². The summed E-state index contributed by atoms with van der Waals surface area (Å²) in [6, 6.07) is 12.8. The number of carbonyl (C=O) groups is 2. The van der Waals surface area contributed by atoms with Crippen molar-refractivity contribution in [3.05, 3.63) is 74.6 Å². The average Bonchev–Trinajstić information content (AvgIpc) is 2.65. The first-order valence-electron chi connectivity index (χ1n) is 7.46. The summed E-state index contributed by atoms with van der Waals surface area (Å²) in [6.45, 7) is 0. The van der Waals surface area contributed by atoms with Gasteiger partial charge in [-0.3, -0.25) is 20.4 Å². The molecule has 1 aromatic heterocycles. The van der Waals surface area contributed by atoms with Gasteiger partial charge < -0.3 is 9.15 Å². The highest BCUT2D eigenvalue weighted by atomic mass is 79.9. The maximum absolute atomic E-state index is 12.2. The lowest BCUT2D eigenvalue weighted by atomic mass is 10.2. The molecule has 8 heteroatoms. The number of ether oxygens (including phenoxy) is 1. The van der Waals surface area contributed by atoms with Gasteiger partial charge in [0.25, 0.3) is 11.8 Å². The van der Waals surface area contributed by atoms with Crippen LogP contribution in [0.2, 0.25) is 0 Å². The van der Waals surface area contributed by atoms with E-state index in [1.807, 2.05) is 0 Å². The van der Waals surface area contributed by atoms with E-state index in [0.717, 1.165) is 4.47 Å². The predicted octanol–water partition coefficient (Wildman–Crippen LogP) is 2.64. The molecule has 0 atom stereocenters. The van der Waals surface area contributed by atoms with E-state index in [1.54, 1.807) is 42.5 Å². The van der Waals surface area contributed by atoms with Gasteiger partial charge in [-0.15, -0.1) is 0 Å². The molecule has 2 aromatic carbocycles. The largest absolute Gasteiger partial charge is 0.497 e. The Labute approximate surface area is 156 Å². The van der Waals surface area contributed by atoms with Gasteiger partial charge in [0.05, 0.1) is 7.11 Å². The number of amides is 2. The third-order valence-electron chi connectivity index (χ3n) is 3.58. The number of halogens is 1. The van der Waals surface area contributed by atoms with Gasteiger partial charge in [0.2, 0.25) is 0 Å². The summed E-state index contributed by atoms with van der Waals surface area (Å²) >= 11 is 3.31. The van der Waals surface area contributed by atoms with Crippen LogP contribution in [0.3, 0.4) is 0 Å². The van der Waals surface area contributed by atoms with Crippen LogP contribution in [0.25, 0.3) is 11.0 Å². The molecule has 3 rings (SSSR count). The van der Waals surface area contributed by atoms with E-state index in [9.17, 15) is 14.4 Å². The number of fused-ring (bicyclic) bond motifs is 1. The number of hydrogen-bond donors (Lipinski definition) is 2. The molecule has 7 nitrogen and oxygen atoms in total. The molecule has 3 aromatic rings. The van der Waals surface area contributed by atoms with Gasteiger partial charge in [0.1, 0.15) is 16.9 Å². The van der Waals surface area contributed by atoms with E-state index in [-0.39, 0.29) is 5.56 Å². The molecule has 1 heterocycles. The maximum atomic E-state index is 12.2. The van der Waals surface area contributed by atoms with Crippen LogP contribution in [0.5, 0.6) is 5.75 Å². The van der Waals surface area contributed by atoms with Crippen molar-refractivity contribution in [2.45, 2.75) is 0 Å². The molecule has 0 radical (unpaired) electrons. The fourth-order valence-corrected chi connectivity index (χ4v) is 2.63. The highest BCUT2D eigenvalue weighted by molar-refractivity contribution is 9.10. The molecule has 0 saturated heterocycles. The molecule has 0 aliphatic carbocycles. The van der Waals surface area contributed by atoms with Gasteiger partial charge in [-0.25, -0.2) is 4.79 Å². The van der Waals surface area contributed by atoms with Crippen LogP contribution in [0.1, 0.15) is 20.7 Å². The van der Waals surface area contributed by atoms with Crippen LogP contribution in [-0.2, 0) is 0 Å². The Bertz CT molecular complexity index is 1040. The lowest BCUT2D eigenvalue weighted by Crippen LogP contribution is -2.43. The van der Waals surface area contributed by atoms with Crippen molar-refractivity contribution >= 4 is 38.7 Å². The Morgan fingerprint density at radius 2 is 1.69 bits per heavy atom. The molecule has 0 spiro atoms. The Morgan fingerprint density at radius 3 is 2.38 bits per heavy atom. The number of benzene rings is 2. The van der Waals surface area contributed by atoms with Gasteiger partial charge in [-0.1, -0.05) is 15.9 Å². The molecular formula is C18H13BrN2O5. The molecule has 2 N–H and O–H groups in total. The second-order valence-electron chi connectivity index (χ2n) is 5.27. The van der Waals surface area contributed by atoms with Crippen molar-refractivity contribution in [3.63, 3.8) is 0 Å². The molecule has 0 aliphatic heterocycles. The van der Waals surface area contributed by atoms with E-state index in [0.29, 0.717) is 22.3 Å². The first-order chi connectivity index (χ1) is 12.5. The van der Waals surface area contributed by atoms with Crippen molar-refractivity contribution < 1.29 is 18.7 Å². The predicted molar refractivity (Wildman–Crippen MR) is 98.1 cm³/mol. The van der Waals surface area contributed by atoms with Crippen LogP contribution in [0, 0.1) is 0 Å². The third-order valence-corrected chi connectivity index (χ3v) is 4.07. The first kappa shape index (κ1) is 17.7. The van der Waals surface area contributed by atoms with Crippen LogP contribution in [-0.4, -0.2) is 18.9 Å². The molecule has 0 fully saturated rings. The summed E-state index contributed by atoms with van der Waals surface area (Å²) in [5.74, 6) is -0.707. The van der Waals surface area contributed by atoms with E-state index in [4.69, 9.17) is 9.15 Å². The Balaban J connectivity index is 1.75.